The molecule has 1 saturated carbocycles. The molecule has 7 heteroatoms. The Kier molecular flexibility index (Phi) is 4.24. The summed E-state index contributed by atoms with van der Waals surface area (Å²) >= 11 is 0. The maximum Gasteiger partial charge on any atom is 0.514 e. The number of hydrogen-bond acceptors (Lipinski definition) is 3. The first kappa shape index (κ1) is 17.7. The van der Waals surface area contributed by atoms with Gasteiger partial charge in [0.25, 0.3) is 0 Å². The maximum atomic E-state index is 13.3. The topological polar surface area (TPSA) is 31.4 Å². The van der Waals surface area contributed by atoms with Gasteiger partial charge in [-0.2, -0.15) is 13.2 Å². The van der Waals surface area contributed by atoms with E-state index in [1.165, 1.54) is 6.07 Å². The molecule has 0 radical (unpaired) electrons. The van der Waals surface area contributed by atoms with Crippen LogP contribution in [0.1, 0.15) is 70.6 Å². The van der Waals surface area contributed by atoms with E-state index in [1.807, 2.05) is 27.7 Å². The zero-order chi connectivity index (χ0) is 17.8. The number of hydrogen-bond donors (Lipinski definition) is 0. The van der Waals surface area contributed by atoms with Gasteiger partial charge in [-0.15, -0.1) is 0 Å². The largest absolute Gasteiger partial charge is 0.514 e. The van der Waals surface area contributed by atoms with E-state index < -0.39 is 30.2 Å². The van der Waals surface area contributed by atoms with E-state index in [0.29, 0.717) is 5.56 Å². The highest BCUT2D eigenvalue weighted by atomic mass is 19.4. The molecule has 0 aromatic carbocycles. The van der Waals surface area contributed by atoms with Crippen molar-refractivity contribution in [2.45, 2.75) is 76.7 Å². The van der Waals surface area contributed by atoms with Crippen LogP contribution in [-0.4, -0.2) is 23.3 Å². The van der Waals surface area contributed by atoms with Crippen LogP contribution in [0.15, 0.2) is 12.1 Å². The molecule has 1 saturated heterocycles. The van der Waals surface area contributed by atoms with Gasteiger partial charge in [0.1, 0.15) is 5.69 Å². The number of halogens is 3. The molecule has 0 unspecified atom stereocenters. The summed E-state index contributed by atoms with van der Waals surface area (Å²) in [6.45, 7) is 7.49. The summed E-state index contributed by atoms with van der Waals surface area (Å²) in [4.78, 5) is 3.81. The molecule has 3 nitrogen and oxygen atoms in total. The third-order valence-electron chi connectivity index (χ3n) is 5.48. The van der Waals surface area contributed by atoms with E-state index in [9.17, 15) is 13.2 Å². The number of pyridine rings is 1. The standard InChI is InChI=1S/C17H23BF3NO2/c1-15(2)16(3,4)24-18(23-15)14-10-12(11-7-5-6-8-11)9-13(22-14)17(19,20)21/h9-11H,5-8H2,1-4H3. The summed E-state index contributed by atoms with van der Waals surface area (Å²) in [7, 11) is -0.877. The van der Waals surface area contributed by atoms with Gasteiger partial charge >= 0.3 is 13.3 Å². The maximum absolute atomic E-state index is 13.3. The van der Waals surface area contributed by atoms with Crippen molar-refractivity contribution in [2.75, 3.05) is 0 Å². The van der Waals surface area contributed by atoms with Crippen molar-refractivity contribution in [1.29, 1.82) is 0 Å². The summed E-state index contributed by atoms with van der Waals surface area (Å²) in [5.74, 6) is 0.162. The van der Waals surface area contributed by atoms with Crippen LogP contribution in [0.2, 0.25) is 0 Å². The summed E-state index contributed by atoms with van der Waals surface area (Å²) in [5, 5.41) is 0. The highest BCUT2D eigenvalue weighted by Gasteiger charge is 2.53. The van der Waals surface area contributed by atoms with E-state index in [4.69, 9.17) is 9.31 Å². The number of nitrogens with zero attached hydrogens (tertiary/aromatic N) is 1. The molecule has 0 atom stereocenters. The Morgan fingerprint density at radius 1 is 1.04 bits per heavy atom. The average Bonchev–Trinajstić information content (AvgIpc) is 3.04. The minimum atomic E-state index is -4.48. The van der Waals surface area contributed by atoms with Crippen LogP contribution in [0.25, 0.3) is 0 Å². The molecule has 0 amide bonds. The lowest BCUT2D eigenvalue weighted by molar-refractivity contribution is -0.141. The molecule has 2 fully saturated rings. The predicted octanol–water partition coefficient (Wildman–Crippen LogP) is 4.06. The van der Waals surface area contributed by atoms with Crippen molar-refractivity contribution < 1.29 is 22.5 Å². The minimum Gasteiger partial charge on any atom is -0.398 e. The van der Waals surface area contributed by atoms with E-state index in [2.05, 4.69) is 4.98 Å². The van der Waals surface area contributed by atoms with Crippen LogP contribution >= 0.6 is 0 Å². The van der Waals surface area contributed by atoms with Crippen LogP contribution in [0.3, 0.4) is 0 Å². The van der Waals surface area contributed by atoms with Crippen molar-refractivity contribution in [1.82, 2.24) is 4.98 Å². The van der Waals surface area contributed by atoms with Gasteiger partial charge in [0, 0.05) is 0 Å². The first-order chi connectivity index (χ1) is 11.0. The van der Waals surface area contributed by atoms with E-state index >= 15 is 0 Å². The predicted molar refractivity (Wildman–Crippen MR) is 86.2 cm³/mol. The average molecular weight is 341 g/mol. The monoisotopic (exact) mass is 341 g/mol. The van der Waals surface area contributed by atoms with E-state index in [1.54, 1.807) is 6.07 Å². The zero-order valence-electron chi connectivity index (χ0n) is 14.5. The first-order valence-corrected chi connectivity index (χ1v) is 8.44. The minimum absolute atomic E-state index is 0.162. The van der Waals surface area contributed by atoms with Gasteiger partial charge in [0.15, 0.2) is 0 Å². The molecule has 3 rings (SSSR count). The Morgan fingerprint density at radius 3 is 2.08 bits per heavy atom. The summed E-state index contributed by atoms with van der Waals surface area (Å²) in [6, 6.07) is 2.91. The molecule has 0 N–H and O–H groups in total. The van der Waals surface area contributed by atoms with Crippen LogP contribution in [0.4, 0.5) is 13.2 Å². The molecule has 0 spiro atoms. The Hall–Kier alpha value is -1.08. The van der Waals surface area contributed by atoms with Crippen molar-refractivity contribution in [3.8, 4) is 0 Å². The molecular weight excluding hydrogens is 318 g/mol. The molecule has 0 bridgehead atoms. The van der Waals surface area contributed by atoms with Crippen LogP contribution in [0, 0.1) is 0 Å². The van der Waals surface area contributed by atoms with E-state index in [0.717, 1.165) is 25.7 Å². The van der Waals surface area contributed by atoms with Gasteiger partial charge in [-0.25, -0.2) is 0 Å². The molecule has 2 heterocycles. The number of alkyl halides is 3. The normalized spacial score (nSPS) is 23.9. The van der Waals surface area contributed by atoms with Gasteiger partial charge in [-0.1, -0.05) is 12.8 Å². The second kappa shape index (κ2) is 5.73. The fourth-order valence-electron chi connectivity index (χ4n) is 3.30. The lowest BCUT2D eigenvalue weighted by Crippen LogP contribution is -2.41. The highest BCUT2D eigenvalue weighted by molar-refractivity contribution is 6.61. The Labute approximate surface area is 141 Å². The third kappa shape index (κ3) is 3.20. The van der Waals surface area contributed by atoms with Crippen molar-refractivity contribution in [3.63, 3.8) is 0 Å². The van der Waals surface area contributed by atoms with Gasteiger partial charge in [-0.05, 0) is 64.2 Å². The summed E-state index contributed by atoms with van der Waals surface area (Å²) in [5.41, 5.74) is -1.18. The molecule has 1 aliphatic carbocycles. The van der Waals surface area contributed by atoms with Gasteiger partial charge in [0.2, 0.25) is 0 Å². The van der Waals surface area contributed by atoms with Crippen molar-refractivity contribution >= 4 is 12.7 Å². The lowest BCUT2D eigenvalue weighted by atomic mass is 9.81. The Morgan fingerprint density at radius 2 is 1.58 bits per heavy atom. The third-order valence-corrected chi connectivity index (χ3v) is 5.48. The quantitative estimate of drug-likeness (QED) is 0.761. The first-order valence-electron chi connectivity index (χ1n) is 8.44. The number of rotatable bonds is 2. The van der Waals surface area contributed by atoms with Crippen molar-refractivity contribution in [2.24, 2.45) is 0 Å². The van der Waals surface area contributed by atoms with Crippen LogP contribution < -0.4 is 5.59 Å². The van der Waals surface area contributed by atoms with E-state index in [-0.39, 0.29) is 11.5 Å². The fraction of sp³-hybridized carbons (Fsp3) is 0.706. The molecule has 2 aliphatic rings. The Bertz CT molecular complexity index is 609. The molecule has 1 aromatic heterocycles. The van der Waals surface area contributed by atoms with Gasteiger partial charge in [-0.3, -0.25) is 4.98 Å². The van der Waals surface area contributed by atoms with Crippen molar-refractivity contribution in [3.05, 3.63) is 23.4 Å². The van der Waals surface area contributed by atoms with Gasteiger partial charge in [0.05, 0.1) is 16.8 Å². The fourth-order valence-corrected chi connectivity index (χ4v) is 3.30. The molecule has 24 heavy (non-hydrogen) atoms. The summed E-state index contributed by atoms with van der Waals surface area (Å²) in [6.07, 6.45) is -0.526. The number of aromatic nitrogens is 1. The second-order valence-electron chi connectivity index (χ2n) is 7.78. The second-order valence-corrected chi connectivity index (χ2v) is 7.78. The van der Waals surface area contributed by atoms with Crippen LogP contribution in [0.5, 0.6) is 0 Å². The molecule has 1 aliphatic heterocycles. The highest BCUT2D eigenvalue weighted by Crippen LogP contribution is 2.38. The SMILES string of the molecule is CC1(C)OB(c2cc(C3CCCC3)cc(C(F)(F)F)n2)OC1(C)C. The summed E-state index contributed by atoms with van der Waals surface area (Å²) < 4.78 is 51.6. The van der Waals surface area contributed by atoms with Gasteiger partial charge < -0.3 is 9.31 Å². The smallest absolute Gasteiger partial charge is 0.398 e. The molecule has 132 valence electrons. The van der Waals surface area contributed by atoms with Crippen LogP contribution in [-0.2, 0) is 15.5 Å². The zero-order valence-corrected chi connectivity index (χ0v) is 14.5. The lowest BCUT2D eigenvalue weighted by Gasteiger charge is -2.32. The molecule has 1 aromatic rings. The Balaban J connectivity index is 2.00. The molecular formula is C17H23BF3NO2.